The minimum Gasteiger partial charge on any atom is -0.465 e. The van der Waals surface area contributed by atoms with Crippen LogP contribution in [-0.2, 0) is 15.9 Å². The molecule has 0 bridgehead atoms. The molecule has 158 valence electrons. The van der Waals surface area contributed by atoms with Crippen molar-refractivity contribution in [3.63, 3.8) is 0 Å². The van der Waals surface area contributed by atoms with E-state index in [9.17, 15) is 9.59 Å². The summed E-state index contributed by atoms with van der Waals surface area (Å²) < 4.78 is 10.5. The molecule has 2 atom stereocenters. The first-order chi connectivity index (χ1) is 13.9. The van der Waals surface area contributed by atoms with Crippen molar-refractivity contribution < 1.29 is 19.1 Å². The van der Waals surface area contributed by atoms with Crippen molar-refractivity contribution in [3.05, 3.63) is 27.2 Å². The third-order valence-electron chi connectivity index (χ3n) is 4.88. The van der Waals surface area contributed by atoms with Gasteiger partial charge in [0, 0.05) is 20.2 Å². The summed E-state index contributed by atoms with van der Waals surface area (Å²) in [4.78, 5) is 38.6. The summed E-state index contributed by atoms with van der Waals surface area (Å²) in [7, 11) is 2.98. The van der Waals surface area contributed by atoms with E-state index in [0.29, 0.717) is 36.5 Å². The third kappa shape index (κ3) is 4.54. The van der Waals surface area contributed by atoms with Crippen LogP contribution in [0, 0.1) is 6.92 Å². The van der Waals surface area contributed by atoms with Gasteiger partial charge in [0.15, 0.2) is 16.1 Å². The van der Waals surface area contributed by atoms with Gasteiger partial charge in [-0.15, -0.1) is 0 Å². The van der Waals surface area contributed by atoms with Gasteiger partial charge in [0.2, 0.25) is 0 Å². The number of nitrogens with one attached hydrogen (secondary N) is 2. The molecule has 0 aromatic carbocycles. The van der Waals surface area contributed by atoms with E-state index in [1.54, 1.807) is 14.0 Å². The lowest BCUT2D eigenvalue weighted by Crippen LogP contribution is -2.55. The predicted molar refractivity (Wildman–Crippen MR) is 110 cm³/mol. The zero-order valence-electron chi connectivity index (χ0n) is 16.7. The van der Waals surface area contributed by atoms with Gasteiger partial charge in [-0.2, -0.15) is 0 Å². The number of rotatable bonds is 6. The van der Waals surface area contributed by atoms with E-state index in [1.165, 1.54) is 18.4 Å². The van der Waals surface area contributed by atoms with Crippen molar-refractivity contribution >= 4 is 39.9 Å². The van der Waals surface area contributed by atoms with Gasteiger partial charge in [0.25, 0.3) is 5.91 Å². The molecule has 1 fully saturated rings. The number of ether oxygens (including phenoxy) is 2. The molecule has 1 aliphatic heterocycles. The maximum Gasteiger partial charge on any atom is 0.350 e. The number of carbonyl (C=O) groups is 2. The minimum atomic E-state index is -0.372. The number of imidazole rings is 1. The quantitative estimate of drug-likeness (QED) is 0.661. The summed E-state index contributed by atoms with van der Waals surface area (Å²) in [6.07, 6.45) is 1.06. The molecule has 11 heteroatoms. The van der Waals surface area contributed by atoms with E-state index in [1.807, 2.05) is 6.92 Å². The first-order valence-electron chi connectivity index (χ1n) is 9.26. The van der Waals surface area contributed by atoms with Crippen LogP contribution in [0.3, 0.4) is 0 Å². The Hall–Kier alpha value is -2.17. The lowest BCUT2D eigenvalue weighted by molar-refractivity contribution is 0.0538. The van der Waals surface area contributed by atoms with E-state index >= 15 is 0 Å². The molecule has 2 aromatic heterocycles. The molecule has 1 aliphatic rings. The van der Waals surface area contributed by atoms with Crippen LogP contribution in [0.1, 0.15) is 45.0 Å². The molecule has 0 radical (unpaired) electrons. The van der Waals surface area contributed by atoms with Gasteiger partial charge < -0.3 is 24.7 Å². The highest BCUT2D eigenvalue weighted by Gasteiger charge is 2.33. The minimum absolute atomic E-state index is 0.181. The third-order valence-corrected chi connectivity index (χ3v) is 6.39. The molecule has 2 N–H and O–H groups in total. The lowest BCUT2D eigenvalue weighted by Gasteiger charge is -2.37. The number of anilines is 1. The number of halogens is 1. The van der Waals surface area contributed by atoms with Crippen LogP contribution in [-0.4, -0.2) is 66.3 Å². The molecule has 29 heavy (non-hydrogen) atoms. The van der Waals surface area contributed by atoms with Gasteiger partial charge in [0.05, 0.1) is 30.6 Å². The van der Waals surface area contributed by atoms with Crippen LogP contribution in [0.4, 0.5) is 5.13 Å². The number of hydrogen-bond donors (Lipinski definition) is 2. The van der Waals surface area contributed by atoms with Crippen molar-refractivity contribution in [2.24, 2.45) is 0 Å². The molecule has 9 nitrogen and oxygen atoms in total. The second-order valence-corrected chi connectivity index (χ2v) is 8.04. The molecule has 0 aliphatic carbocycles. The molecule has 0 saturated carbocycles. The normalized spacial score (nSPS) is 19.3. The van der Waals surface area contributed by atoms with Gasteiger partial charge in [-0.1, -0.05) is 29.9 Å². The fourth-order valence-electron chi connectivity index (χ4n) is 3.24. The molecule has 0 spiro atoms. The highest BCUT2D eigenvalue weighted by molar-refractivity contribution is 7.17. The summed E-state index contributed by atoms with van der Waals surface area (Å²) in [6.45, 7) is 4.91. The van der Waals surface area contributed by atoms with E-state index in [4.69, 9.17) is 21.1 Å². The molecule has 3 heterocycles. The second-order valence-electron chi connectivity index (χ2n) is 6.71. The van der Waals surface area contributed by atoms with Crippen LogP contribution >= 0.6 is 22.9 Å². The molecule has 2 aromatic rings. The first kappa shape index (κ1) is 21.5. The number of aryl methyl sites for hydroxylation is 2. The Morgan fingerprint density at radius 3 is 2.72 bits per heavy atom. The standard InChI is InChI=1S/C18H24ClN5O4S/c1-5-10-13(17(26)28-4)29-18(22-10)24-7-6-11(12(8-24)27-3)21-16(25)15-20-9(2)14(19)23-15/h11-12H,5-8H2,1-4H3,(H,20,23)(H,21,25). The van der Waals surface area contributed by atoms with E-state index < -0.39 is 0 Å². The average Bonchev–Trinajstić information content (AvgIpc) is 3.31. The average molecular weight is 442 g/mol. The molecule has 1 amide bonds. The summed E-state index contributed by atoms with van der Waals surface area (Å²) in [6, 6.07) is -0.182. The molecular formula is C18H24ClN5O4S. The number of nitrogens with zero attached hydrogens (tertiary/aromatic N) is 3. The monoisotopic (exact) mass is 441 g/mol. The van der Waals surface area contributed by atoms with Crippen molar-refractivity contribution in [1.82, 2.24) is 20.3 Å². The summed E-state index contributed by atoms with van der Waals surface area (Å²) >= 11 is 7.25. The number of thiazole rings is 1. The van der Waals surface area contributed by atoms with Gasteiger partial charge in [-0.05, 0) is 19.8 Å². The van der Waals surface area contributed by atoms with Crippen LogP contribution < -0.4 is 10.2 Å². The van der Waals surface area contributed by atoms with E-state index in [0.717, 1.165) is 10.8 Å². The Morgan fingerprint density at radius 1 is 1.38 bits per heavy atom. The van der Waals surface area contributed by atoms with Crippen LogP contribution in [0.15, 0.2) is 0 Å². The summed E-state index contributed by atoms with van der Waals surface area (Å²) in [5.41, 5.74) is 1.37. The van der Waals surface area contributed by atoms with Crippen molar-refractivity contribution in [2.45, 2.75) is 38.8 Å². The summed E-state index contributed by atoms with van der Waals surface area (Å²) in [5, 5.41) is 4.00. The van der Waals surface area contributed by atoms with Gasteiger partial charge in [0.1, 0.15) is 4.88 Å². The fourth-order valence-corrected chi connectivity index (χ4v) is 4.48. The zero-order valence-corrected chi connectivity index (χ0v) is 18.3. The predicted octanol–water partition coefficient (Wildman–Crippen LogP) is 2.20. The molecular weight excluding hydrogens is 418 g/mol. The molecule has 3 rings (SSSR count). The smallest absolute Gasteiger partial charge is 0.350 e. The number of H-pyrrole nitrogens is 1. The van der Waals surface area contributed by atoms with Crippen LogP contribution in [0.5, 0.6) is 0 Å². The topological polar surface area (TPSA) is 109 Å². The van der Waals surface area contributed by atoms with Gasteiger partial charge >= 0.3 is 5.97 Å². The van der Waals surface area contributed by atoms with E-state index in [-0.39, 0.29) is 35.0 Å². The Balaban J connectivity index is 1.70. The van der Waals surface area contributed by atoms with Gasteiger partial charge in [-0.25, -0.2) is 14.8 Å². The molecule has 2 unspecified atom stereocenters. The Labute approximate surface area is 177 Å². The first-order valence-corrected chi connectivity index (χ1v) is 10.5. The maximum atomic E-state index is 12.5. The van der Waals surface area contributed by atoms with Crippen LogP contribution in [0.25, 0.3) is 0 Å². The van der Waals surface area contributed by atoms with Crippen molar-refractivity contribution in [1.29, 1.82) is 0 Å². The van der Waals surface area contributed by atoms with Gasteiger partial charge in [-0.3, -0.25) is 4.79 Å². The number of carbonyl (C=O) groups excluding carboxylic acids is 2. The number of methoxy groups -OCH3 is 2. The number of esters is 1. The maximum absolute atomic E-state index is 12.5. The highest BCUT2D eigenvalue weighted by Crippen LogP contribution is 2.30. The number of aromatic nitrogens is 3. The summed E-state index contributed by atoms with van der Waals surface area (Å²) in [5.74, 6) is -0.514. The number of piperidine rings is 1. The number of aromatic amines is 1. The zero-order chi connectivity index (χ0) is 21.1. The largest absolute Gasteiger partial charge is 0.465 e. The Kier molecular flexibility index (Phi) is 6.76. The van der Waals surface area contributed by atoms with E-state index in [2.05, 4.69) is 25.2 Å². The Bertz CT molecular complexity index is 879. The fraction of sp³-hybridized carbons (Fsp3) is 0.556. The van der Waals surface area contributed by atoms with Crippen molar-refractivity contribution in [2.75, 3.05) is 32.2 Å². The van der Waals surface area contributed by atoms with Crippen molar-refractivity contribution in [3.8, 4) is 0 Å². The number of amides is 1. The Morgan fingerprint density at radius 2 is 2.14 bits per heavy atom. The molecule has 1 saturated heterocycles. The lowest BCUT2D eigenvalue weighted by atomic mass is 10.0. The second kappa shape index (κ2) is 9.10. The number of hydrogen-bond acceptors (Lipinski definition) is 8. The van der Waals surface area contributed by atoms with Crippen LogP contribution in [0.2, 0.25) is 5.15 Å². The highest BCUT2D eigenvalue weighted by atomic mass is 35.5. The SMILES string of the molecule is CCc1nc(N2CCC(NC(=O)c3nc(Cl)c(C)[nH]3)C(OC)C2)sc1C(=O)OC.